The first kappa shape index (κ1) is 20.2. The second kappa shape index (κ2) is 9.52. The fraction of sp³-hybridized carbons (Fsp3) is 0.286. The van der Waals surface area contributed by atoms with Gasteiger partial charge in [-0.2, -0.15) is 0 Å². The number of hydrogen-bond acceptors (Lipinski definition) is 4. The SMILES string of the molecule is CC(C)[C@@H](C)NC(=O)COC(=O)c1ccccc1NC(=O)c1ccccc1. The average Bonchev–Trinajstić information content (AvgIpc) is 2.67. The molecule has 2 aromatic rings. The van der Waals surface area contributed by atoms with E-state index in [0.717, 1.165) is 0 Å². The summed E-state index contributed by atoms with van der Waals surface area (Å²) in [7, 11) is 0. The molecule has 6 nitrogen and oxygen atoms in total. The fourth-order valence-electron chi connectivity index (χ4n) is 2.23. The minimum absolute atomic E-state index is 0.0198. The Hall–Kier alpha value is -3.15. The molecule has 27 heavy (non-hydrogen) atoms. The van der Waals surface area contributed by atoms with Gasteiger partial charge in [-0.3, -0.25) is 9.59 Å². The summed E-state index contributed by atoms with van der Waals surface area (Å²) in [6.07, 6.45) is 0. The molecule has 142 valence electrons. The van der Waals surface area contributed by atoms with Crippen LogP contribution in [0.5, 0.6) is 0 Å². The largest absolute Gasteiger partial charge is 0.452 e. The van der Waals surface area contributed by atoms with Crippen LogP contribution in [0.2, 0.25) is 0 Å². The second-order valence-electron chi connectivity index (χ2n) is 6.54. The van der Waals surface area contributed by atoms with Crippen LogP contribution in [0.3, 0.4) is 0 Å². The molecule has 0 aliphatic carbocycles. The standard InChI is InChI=1S/C21H24N2O4/c1-14(2)15(3)22-19(24)13-27-21(26)17-11-7-8-12-18(17)23-20(25)16-9-5-4-6-10-16/h4-12,14-15H,13H2,1-3H3,(H,22,24)(H,23,25)/t15-/m1/s1. The van der Waals surface area contributed by atoms with E-state index in [1.54, 1.807) is 42.5 Å². The van der Waals surface area contributed by atoms with Crippen molar-refractivity contribution < 1.29 is 19.1 Å². The van der Waals surface area contributed by atoms with E-state index >= 15 is 0 Å². The Morgan fingerprint density at radius 2 is 1.56 bits per heavy atom. The number of esters is 1. The van der Waals surface area contributed by atoms with Crippen LogP contribution < -0.4 is 10.6 Å². The van der Waals surface area contributed by atoms with Crippen molar-refractivity contribution in [3.63, 3.8) is 0 Å². The highest BCUT2D eigenvalue weighted by atomic mass is 16.5. The summed E-state index contributed by atoms with van der Waals surface area (Å²) in [4.78, 5) is 36.6. The summed E-state index contributed by atoms with van der Waals surface area (Å²) in [6.45, 7) is 5.49. The third-order valence-electron chi connectivity index (χ3n) is 4.15. The van der Waals surface area contributed by atoms with Crippen LogP contribution in [0, 0.1) is 5.92 Å². The van der Waals surface area contributed by atoms with Gasteiger partial charge in [-0.05, 0) is 37.1 Å². The zero-order chi connectivity index (χ0) is 19.8. The number of amides is 2. The quantitative estimate of drug-likeness (QED) is 0.735. The van der Waals surface area contributed by atoms with Gasteiger partial charge in [0.15, 0.2) is 6.61 Å². The van der Waals surface area contributed by atoms with E-state index < -0.39 is 5.97 Å². The number of hydrogen-bond donors (Lipinski definition) is 2. The Balaban J connectivity index is 2.01. The maximum Gasteiger partial charge on any atom is 0.340 e. The number of carbonyl (C=O) groups excluding carboxylic acids is 3. The summed E-state index contributed by atoms with van der Waals surface area (Å²) in [5, 5.41) is 5.47. The van der Waals surface area contributed by atoms with E-state index in [9.17, 15) is 14.4 Å². The van der Waals surface area contributed by atoms with Crippen LogP contribution in [0.25, 0.3) is 0 Å². The number of anilines is 1. The maximum absolute atomic E-state index is 12.4. The van der Waals surface area contributed by atoms with Crippen LogP contribution >= 0.6 is 0 Å². The summed E-state index contributed by atoms with van der Waals surface area (Å²) in [6, 6.07) is 15.2. The van der Waals surface area contributed by atoms with Crippen LogP contribution in [0.1, 0.15) is 41.5 Å². The predicted molar refractivity (Wildman–Crippen MR) is 104 cm³/mol. The van der Waals surface area contributed by atoms with Crippen molar-refractivity contribution in [1.29, 1.82) is 0 Å². The first-order valence-electron chi connectivity index (χ1n) is 8.80. The number of rotatable bonds is 7. The van der Waals surface area contributed by atoms with Crippen molar-refractivity contribution in [3.05, 3.63) is 65.7 Å². The minimum Gasteiger partial charge on any atom is -0.452 e. The molecule has 0 aromatic heterocycles. The molecule has 0 radical (unpaired) electrons. The Bertz CT molecular complexity index is 803. The summed E-state index contributed by atoms with van der Waals surface area (Å²) < 4.78 is 5.10. The number of para-hydroxylation sites is 1. The van der Waals surface area contributed by atoms with E-state index in [1.165, 1.54) is 6.07 Å². The highest BCUT2D eigenvalue weighted by Gasteiger charge is 2.17. The van der Waals surface area contributed by atoms with Crippen molar-refractivity contribution in [2.75, 3.05) is 11.9 Å². The monoisotopic (exact) mass is 368 g/mol. The first-order chi connectivity index (χ1) is 12.9. The van der Waals surface area contributed by atoms with Crippen LogP contribution in [0.4, 0.5) is 5.69 Å². The van der Waals surface area contributed by atoms with Gasteiger partial charge in [-0.25, -0.2) is 4.79 Å². The molecule has 0 bridgehead atoms. The van der Waals surface area contributed by atoms with E-state index in [1.807, 2.05) is 26.8 Å². The molecule has 6 heteroatoms. The van der Waals surface area contributed by atoms with Gasteiger partial charge in [0.25, 0.3) is 11.8 Å². The predicted octanol–water partition coefficient (Wildman–Crippen LogP) is 3.26. The zero-order valence-corrected chi connectivity index (χ0v) is 15.7. The molecule has 2 aromatic carbocycles. The molecule has 0 aliphatic heterocycles. The lowest BCUT2D eigenvalue weighted by atomic mass is 10.1. The van der Waals surface area contributed by atoms with Gasteiger partial charge in [-0.1, -0.05) is 44.2 Å². The minimum atomic E-state index is -0.675. The molecule has 2 rings (SSSR count). The van der Waals surface area contributed by atoms with Gasteiger partial charge < -0.3 is 15.4 Å². The Morgan fingerprint density at radius 3 is 2.22 bits per heavy atom. The molecule has 2 N–H and O–H groups in total. The number of nitrogens with one attached hydrogen (secondary N) is 2. The summed E-state index contributed by atoms with van der Waals surface area (Å²) >= 11 is 0. The normalized spacial score (nSPS) is 11.6. The van der Waals surface area contributed by atoms with Crippen LogP contribution in [-0.4, -0.2) is 30.4 Å². The highest BCUT2D eigenvalue weighted by Crippen LogP contribution is 2.17. The molecule has 2 amide bonds. The van der Waals surface area contributed by atoms with Crippen molar-refractivity contribution in [2.24, 2.45) is 5.92 Å². The topological polar surface area (TPSA) is 84.5 Å². The third kappa shape index (κ3) is 5.95. The van der Waals surface area contributed by atoms with Gasteiger partial charge >= 0.3 is 5.97 Å². The van der Waals surface area contributed by atoms with E-state index in [4.69, 9.17) is 4.74 Å². The molecule has 0 fully saturated rings. The molecule has 0 spiro atoms. The van der Waals surface area contributed by atoms with E-state index in [0.29, 0.717) is 11.3 Å². The first-order valence-corrected chi connectivity index (χ1v) is 8.80. The van der Waals surface area contributed by atoms with Gasteiger partial charge in [0.05, 0.1) is 11.3 Å². The molecule has 0 unspecified atom stereocenters. The molecular formula is C21H24N2O4. The maximum atomic E-state index is 12.4. The second-order valence-corrected chi connectivity index (χ2v) is 6.54. The number of ether oxygens (including phenoxy) is 1. The molecule has 0 saturated heterocycles. The van der Waals surface area contributed by atoms with Gasteiger partial charge in [0.2, 0.25) is 0 Å². The molecular weight excluding hydrogens is 344 g/mol. The molecule has 0 saturated carbocycles. The van der Waals surface area contributed by atoms with E-state index in [-0.39, 0.29) is 35.9 Å². The smallest absolute Gasteiger partial charge is 0.340 e. The number of benzene rings is 2. The lowest BCUT2D eigenvalue weighted by Gasteiger charge is -2.17. The van der Waals surface area contributed by atoms with Crippen molar-refractivity contribution in [2.45, 2.75) is 26.8 Å². The van der Waals surface area contributed by atoms with Crippen molar-refractivity contribution >= 4 is 23.5 Å². The van der Waals surface area contributed by atoms with Crippen molar-refractivity contribution in [1.82, 2.24) is 5.32 Å². The lowest BCUT2D eigenvalue weighted by Crippen LogP contribution is -2.38. The number of carbonyl (C=O) groups is 3. The molecule has 0 aliphatic rings. The Kier molecular flexibility index (Phi) is 7.11. The Morgan fingerprint density at radius 1 is 0.926 bits per heavy atom. The Labute approximate surface area is 158 Å². The van der Waals surface area contributed by atoms with Gasteiger partial charge in [-0.15, -0.1) is 0 Å². The summed E-state index contributed by atoms with van der Waals surface area (Å²) in [5.74, 6) is -1.10. The molecule has 0 heterocycles. The van der Waals surface area contributed by atoms with Gasteiger partial charge in [0, 0.05) is 11.6 Å². The fourth-order valence-corrected chi connectivity index (χ4v) is 2.23. The highest BCUT2D eigenvalue weighted by molar-refractivity contribution is 6.08. The molecule has 1 atom stereocenters. The third-order valence-corrected chi connectivity index (χ3v) is 4.15. The summed E-state index contributed by atoms with van der Waals surface area (Å²) in [5.41, 5.74) is 0.988. The zero-order valence-electron chi connectivity index (χ0n) is 15.7. The van der Waals surface area contributed by atoms with E-state index in [2.05, 4.69) is 10.6 Å². The average molecular weight is 368 g/mol. The van der Waals surface area contributed by atoms with Gasteiger partial charge in [0.1, 0.15) is 0 Å². The lowest BCUT2D eigenvalue weighted by molar-refractivity contribution is -0.125. The van der Waals surface area contributed by atoms with Crippen molar-refractivity contribution in [3.8, 4) is 0 Å². The van der Waals surface area contributed by atoms with Crippen LogP contribution in [0.15, 0.2) is 54.6 Å². The van der Waals surface area contributed by atoms with Crippen LogP contribution in [-0.2, 0) is 9.53 Å².